The van der Waals surface area contributed by atoms with Gasteiger partial charge in [-0.15, -0.1) is 0 Å². The average molecular weight is 239 g/mol. The Balaban J connectivity index is 3.06. The molecule has 0 spiro atoms. The number of methoxy groups -OCH3 is 1. The molecule has 1 aromatic rings. The van der Waals surface area contributed by atoms with Crippen molar-refractivity contribution in [1.29, 1.82) is 5.26 Å². The molecule has 0 aliphatic heterocycles. The van der Waals surface area contributed by atoms with Crippen LogP contribution in [-0.2, 0) is 11.8 Å². The third kappa shape index (κ3) is 2.61. The van der Waals surface area contributed by atoms with Crippen LogP contribution < -0.4 is 0 Å². The number of ether oxygens (including phenoxy) is 1. The van der Waals surface area contributed by atoms with E-state index < -0.39 is 18.2 Å². The number of aromatic nitrogens is 2. The van der Waals surface area contributed by atoms with Gasteiger partial charge < -0.3 is 14.9 Å². The smallest absolute Gasteiger partial charge is 0.356 e. The molecular weight excluding hydrogens is 226 g/mol. The van der Waals surface area contributed by atoms with E-state index in [4.69, 9.17) is 5.26 Å². The quantitative estimate of drug-likeness (QED) is 0.686. The third-order valence-electron chi connectivity index (χ3n) is 2.33. The molecule has 0 bridgehead atoms. The maximum absolute atomic E-state index is 11.5. The molecule has 1 rings (SSSR count). The van der Waals surface area contributed by atoms with Gasteiger partial charge in [-0.25, -0.2) is 4.79 Å². The fourth-order valence-corrected chi connectivity index (χ4v) is 1.43. The second-order valence-electron chi connectivity index (χ2n) is 3.44. The molecule has 92 valence electrons. The van der Waals surface area contributed by atoms with Crippen molar-refractivity contribution in [3.63, 3.8) is 0 Å². The summed E-state index contributed by atoms with van der Waals surface area (Å²) in [6.07, 6.45) is -1.60. The van der Waals surface area contributed by atoms with Gasteiger partial charge in [-0.3, -0.25) is 4.68 Å². The van der Waals surface area contributed by atoms with Gasteiger partial charge in [-0.1, -0.05) is 0 Å². The molecule has 0 fully saturated rings. The molecule has 0 aliphatic carbocycles. The highest BCUT2D eigenvalue weighted by atomic mass is 16.5. The highest BCUT2D eigenvalue weighted by Gasteiger charge is 2.27. The normalized spacial score (nSPS) is 13.8. The van der Waals surface area contributed by atoms with Gasteiger partial charge in [0.15, 0.2) is 5.69 Å². The molecule has 0 radical (unpaired) electrons. The fourth-order valence-electron chi connectivity index (χ4n) is 1.43. The Morgan fingerprint density at radius 2 is 2.35 bits per heavy atom. The summed E-state index contributed by atoms with van der Waals surface area (Å²) in [5.74, 6) is -0.664. The lowest BCUT2D eigenvalue weighted by molar-refractivity contribution is 0.0201. The first-order valence-corrected chi connectivity index (χ1v) is 4.86. The van der Waals surface area contributed by atoms with Crippen LogP contribution in [0.3, 0.4) is 0 Å². The zero-order valence-corrected chi connectivity index (χ0v) is 9.49. The van der Waals surface area contributed by atoms with Crippen LogP contribution in [0.15, 0.2) is 6.20 Å². The summed E-state index contributed by atoms with van der Waals surface area (Å²) in [5.41, 5.74) is 0.194. The maximum Gasteiger partial charge on any atom is 0.356 e. The molecule has 2 atom stereocenters. The summed E-state index contributed by atoms with van der Waals surface area (Å²) in [6, 6.07) is 1.73. The van der Waals surface area contributed by atoms with Crippen molar-refractivity contribution < 1.29 is 19.7 Å². The first-order valence-electron chi connectivity index (χ1n) is 4.86. The molecule has 17 heavy (non-hydrogen) atoms. The third-order valence-corrected chi connectivity index (χ3v) is 2.33. The average Bonchev–Trinajstić information content (AvgIpc) is 2.69. The largest absolute Gasteiger partial charge is 0.464 e. The lowest BCUT2D eigenvalue weighted by Gasteiger charge is -2.15. The number of aryl methyl sites for hydroxylation is 1. The Hall–Kier alpha value is -1.91. The highest BCUT2D eigenvalue weighted by molar-refractivity contribution is 5.89. The minimum absolute atomic E-state index is 0.0528. The number of hydrogen-bond donors (Lipinski definition) is 2. The van der Waals surface area contributed by atoms with Crippen LogP contribution in [0.25, 0.3) is 0 Å². The van der Waals surface area contributed by atoms with Gasteiger partial charge in [0.2, 0.25) is 0 Å². The second-order valence-corrected chi connectivity index (χ2v) is 3.44. The number of rotatable bonds is 4. The van der Waals surface area contributed by atoms with E-state index in [2.05, 4.69) is 9.84 Å². The van der Waals surface area contributed by atoms with Gasteiger partial charge in [0, 0.05) is 12.6 Å². The number of carbonyl (C=O) groups is 1. The summed E-state index contributed by atoms with van der Waals surface area (Å²) in [7, 11) is 2.72. The molecule has 2 N–H and O–H groups in total. The second kappa shape index (κ2) is 5.43. The first-order chi connectivity index (χ1) is 8.02. The van der Waals surface area contributed by atoms with E-state index in [0.717, 1.165) is 0 Å². The van der Waals surface area contributed by atoms with E-state index in [9.17, 15) is 15.0 Å². The van der Waals surface area contributed by atoms with E-state index in [0.29, 0.717) is 0 Å². The van der Waals surface area contributed by atoms with Crippen LogP contribution in [0.5, 0.6) is 0 Å². The van der Waals surface area contributed by atoms with E-state index in [1.807, 2.05) is 0 Å². The first kappa shape index (κ1) is 13.2. The Morgan fingerprint density at radius 1 is 1.71 bits per heavy atom. The van der Waals surface area contributed by atoms with Crippen molar-refractivity contribution in [2.45, 2.75) is 18.6 Å². The predicted octanol–water partition coefficient (Wildman–Crippen LogP) is -0.485. The molecule has 7 nitrogen and oxygen atoms in total. The number of nitrogens with zero attached hydrogens (tertiary/aromatic N) is 3. The molecular formula is C10H13N3O4. The van der Waals surface area contributed by atoms with Crippen molar-refractivity contribution in [2.24, 2.45) is 7.05 Å². The van der Waals surface area contributed by atoms with Gasteiger partial charge in [-0.05, 0) is 0 Å². The lowest BCUT2D eigenvalue weighted by atomic mass is 10.0. The molecule has 0 amide bonds. The monoisotopic (exact) mass is 239 g/mol. The van der Waals surface area contributed by atoms with Crippen molar-refractivity contribution >= 4 is 5.97 Å². The molecule has 7 heteroatoms. The van der Waals surface area contributed by atoms with Crippen LogP contribution in [0.1, 0.15) is 28.6 Å². The number of aliphatic hydroxyl groups excluding tert-OH is 2. The minimum atomic E-state index is -1.35. The topological polar surface area (TPSA) is 108 Å². The molecule has 0 aliphatic rings. The molecule has 2 unspecified atom stereocenters. The molecule has 0 aromatic carbocycles. The minimum Gasteiger partial charge on any atom is -0.464 e. The summed E-state index contributed by atoms with van der Waals surface area (Å²) in [6.45, 7) is 0. The van der Waals surface area contributed by atoms with Crippen molar-refractivity contribution in [2.75, 3.05) is 7.11 Å². The van der Waals surface area contributed by atoms with E-state index in [1.54, 1.807) is 6.07 Å². The van der Waals surface area contributed by atoms with Gasteiger partial charge in [-0.2, -0.15) is 10.4 Å². The van der Waals surface area contributed by atoms with Gasteiger partial charge in [0.1, 0.15) is 6.10 Å². The predicted molar refractivity (Wildman–Crippen MR) is 55.7 cm³/mol. The lowest BCUT2D eigenvalue weighted by Crippen LogP contribution is -2.20. The van der Waals surface area contributed by atoms with Crippen molar-refractivity contribution in [1.82, 2.24) is 9.78 Å². The Bertz CT molecular complexity index is 449. The number of esters is 1. The molecule has 0 saturated heterocycles. The number of aliphatic hydroxyl groups is 2. The van der Waals surface area contributed by atoms with Crippen molar-refractivity contribution in [3.8, 4) is 6.07 Å². The fraction of sp³-hybridized carbons (Fsp3) is 0.500. The Morgan fingerprint density at radius 3 is 2.88 bits per heavy atom. The molecule has 1 aromatic heterocycles. The van der Waals surface area contributed by atoms with Crippen LogP contribution in [0, 0.1) is 11.3 Å². The standard InChI is InChI=1S/C10H13N3O4/c1-13-8(10(16)17-2)6(5-12-13)9(15)7(14)3-4-11/h5,7,9,14-15H,3H2,1-2H3. The van der Waals surface area contributed by atoms with Gasteiger partial charge in [0.25, 0.3) is 0 Å². The SMILES string of the molecule is COC(=O)c1c(C(O)C(O)CC#N)cnn1C. The summed E-state index contributed by atoms with van der Waals surface area (Å²) in [4.78, 5) is 11.5. The summed E-state index contributed by atoms with van der Waals surface area (Å²) >= 11 is 0. The van der Waals surface area contributed by atoms with Gasteiger partial charge >= 0.3 is 5.97 Å². The zero-order valence-electron chi connectivity index (χ0n) is 9.49. The summed E-state index contributed by atoms with van der Waals surface area (Å²) < 4.78 is 5.79. The van der Waals surface area contributed by atoms with Crippen LogP contribution in [0.2, 0.25) is 0 Å². The van der Waals surface area contributed by atoms with Crippen LogP contribution >= 0.6 is 0 Å². The Kier molecular flexibility index (Phi) is 4.20. The zero-order chi connectivity index (χ0) is 13.0. The summed E-state index contributed by atoms with van der Waals surface area (Å²) in [5, 5.41) is 31.5. The number of nitriles is 1. The van der Waals surface area contributed by atoms with E-state index in [-0.39, 0.29) is 17.7 Å². The van der Waals surface area contributed by atoms with E-state index in [1.165, 1.54) is 25.0 Å². The highest BCUT2D eigenvalue weighted by Crippen LogP contribution is 2.22. The molecule has 0 saturated carbocycles. The Labute approximate surface area is 97.8 Å². The van der Waals surface area contributed by atoms with Crippen molar-refractivity contribution in [3.05, 3.63) is 17.5 Å². The number of hydrogen-bond acceptors (Lipinski definition) is 6. The number of carbonyl (C=O) groups excluding carboxylic acids is 1. The van der Waals surface area contributed by atoms with Crippen LogP contribution in [0.4, 0.5) is 0 Å². The van der Waals surface area contributed by atoms with Crippen LogP contribution in [-0.4, -0.2) is 39.2 Å². The molecule has 1 heterocycles. The van der Waals surface area contributed by atoms with Gasteiger partial charge in [0.05, 0.1) is 31.9 Å². The van der Waals surface area contributed by atoms with E-state index >= 15 is 0 Å². The maximum atomic E-state index is 11.5.